The highest BCUT2D eigenvalue weighted by molar-refractivity contribution is 7.98. The highest BCUT2D eigenvalue weighted by atomic mass is 32.2. The molecule has 0 aliphatic rings. The van der Waals surface area contributed by atoms with Crippen LogP contribution in [0, 0.1) is 0 Å². The Hall–Kier alpha value is -1.28. The average molecular weight is 267 g/mol. The van der Waals surface area contributed by atoms with E-state index >= 15 is 0 Å². The van der Waals surface area contributed by atoms with Crippen LogP contribution in [0.4, 0.5) is 0 Å². The van der Waals surface area contributed by atoms with Crippen molar-refractivity contribution in [3.63, 3.8) is 0 Å². The molecule has 0 saturated heterocycles. The van der Waals surface area contributed by atoms with Crippen molar-refractivity contribution in [2.75, 3.05) is 12.0 Å². The van der Waals surface area contributed by atoms with E-state index in [9.17, 15) is 14.4 Å². The fourth-order valence-corrected chi connectivity index (χ4v) is 1.07. The maximum Gasteiger partial charge on any atom is 0.320 e. The lowest BCUT2D eigenvalue weighted by Crippen LogP contribution is -2.30. The van der Waals surface area contributed by atoms with E-state index in [4.69, 9.17) is 21.1 Å². The summed E-state index contributed by atoms with van der Waals surface area (Å²) in [6.07, 6.45) is 1.88. The molecule has 0 aliphatic carbocycles. The summed E-state index contributed by atoms with van der Waals surface area (Å²) in [4.78, 5) is 29.4. The maximum absolute atomic E-state index is 10.1. The molecule has 5 N–H and O–H groups in total. The third-order valence-electron chi connectivity index (χ3n) is 1.50. The second-order valence-corrected chi connectivity index (χ2v) is 4.00. The molecular formula is C9H17NO6S. The molecule has 0 fully saturated rings. The Morgan fingerprint density at radius 3 is 1.76 bits per heavy atom. The Kier molecular flexibility index (Phi) is 11.9. The van der Waals surface area contributed by atoms with Gasteiger partial charge in [-0.2, -0.15) is 11.8 Å². The minimum absolute atomic E-state index is 0.296. The molecule has 0 spiro atoms. The Balaban J connectivity index is 0. The Morgan fingerprint density at radius 2 is 1.53 bits per heavy atom. The predicted octanol–water partition coefficient (Wildman–Crippen LogP) is 0.0872. The van der Waals surface area contributed by atoms with Gasteiger partial charge < -0.3 is 21.1 Å². The Bertz CT molecular complexity index is 244. The van der Waals surface area contributed by atoms with E-state index in [0.717, 1.165) is 5.75 Å². The first kappa shape index (κ1) is 18.1. The number of nitrogens with two attached hydrogens (primary N) is 1. The number of hydrogen-bond acceptors (Lipinski definition) is 5. The van der Waals surface area contributed by atoms with Crippen LogP contribution in [0.25, 0.3) is 0 Å². The van der Waals surface area contributed by atoms with Gasteiger partial charge in [0.05, 0.1) is 12.8 Å². The molecule has 0 rings (SSSR count). The summed E-state index contributed by atoms with van der Waals surface area (Å²) in [6.45, 7) is 0. The van der Waals surface area contributed by atoms with Crippen molar-refractivity contribution < 1.29 is 29.7 Å². The minimum Gasteiger partial charge on any atom is -0.481 e. The van der Waals surface area contributed by atoms with E-state index in [0.29, 0.717) is 6.42 Å². The molecule has 0 radical (unpaired) electrons. The van der Waals surface area contributed by atoms with E-state index < -0.39 is 23.9 Å². The summed E-state index contributed by atoms with van der Waals surface area (Å²) in [5.74, 6) is -2.25. The van der Waals surface area contributed by atoms with Gasteiger partial charge in [0.2, 0.25) is 0 Å². The molecular weight excluding hydrogens is 250 g/mol. The first-order valence-electron chi connectivity index (χ1n) is 4.72. The first-order chi connectivity index (χ1) is 7.81. The van der Waals surface area contributed by atoms with Crippen LogP contribution in [0.3, 0.4) is 0 Å². The molecule has 0 aromatic carbocycles. The van der Waals surface area contributed by atoms with Crippen LogP contribution in [0.15, 0.2) is 0 Å². The average Bonchev–Trinajstić information content (AvgIpc) is 2.23. The smallest absolute Gasteiger partial charge is 0.320 e. The molecule has 1 atom stereocenters. The summed E-state index contributed by atoms with van der Waals surface area (Å²) >= 11 is 1.60. The van der Waals surface area contributed by atoms with Gasteiger partial charge in [0.15, 0.2) is 0 Å². The van der Waals surface area contributed by atoms with Gasteiger partial charge in [0, 0.05) is 0 Å². The van der Waals surface area contributed by atoms with Gasteiger partial charge >= 0.3 is 17.9 Å². The van der Waals surface area contributed by atoms with Crippen molar-refractivity contribution in [3.05, 3.63) is 0 Å². The number of carbonyl (C=O) groups is 3. The number of thioether (sulfide) groups is 1. The van der Waals surface area contributed by atoms with Gasteiger partial charge in [0.25, 0.3) is 0 Å². The molecule has 100 valence electrons. The minimum atomic E-state index is -1.08. The van der Waals surface area contributed by atoms with E-state index in [1.165, 1.54) is 0 Å². The Morgan fingerprint density at radius 1 is 1.12 bits per heavy atom. The van der Waals surface area contributed by atoms with Gasteiger partial charge in [-0.3, -0.25) is 14.4 Å². The highest BCUT2D eigenvalue weighted by Gasteiger charge is 2.08. The zero-order valence-electron chi connectivity index (χ0n) is 9.46. The number of carboxylic acids is 3. The maximum atomic E-state index is 10.1. The molecule has 0 unspecified atom stereocenters. The van der Waals surface area contributed by atoms with Gasteiger partial charge in [-0.05, 0) is 18.4 Å². The second kappa shape index (κ2) is 11.2. The molecule has 0 bridgehead atoms. The Labute approximate surface area is 103 Å². The summed E-state index contributed by atoms with van der Waals surface area (Å²) in [6, 6.07) is -0.683. The molecule has 0 amide bonds. The lowest BCUT2D eigenvalue weighted by molar-refractivity contribution is -0.143. The first-order valence-corrected chi connectivity index (χ1v) is 6.11. The van der Waals surface area contributed by atoms with Crippen molar-refractivity contribution in [1.82, 2.24) is 0 Å². The number of rotatable bonds is 7. The fourth-order valence-electron chi connectivity index (χ4n) is 0.582. The largest absolute Gasteiger partial charge is 0.481 e. The predicted molar refractivity (Wildman–Crippen MR) is 63.1 cm³/mol. The lowest BCUT2D eigenvalue weighted by atomic mass is 10.2. The zero-order valence-corrected chi connectivity index (χ0v) is 10.3. The van der Waals surface area contributed by atoms with Gasteiger partial charge in [-0.15, -0.1) is 0 Å². The monoisotopic (exact) mass is 267 g/mol. The van der Waals surface area contributed by atoms with Crippen LogP contribution in [0.2, 0.25) is 0 Å². The van der Waals surface area contributed by atoms with E-state index in [2.05, 4.69) is 0 Å². The highest BCUT2D eigenvalue weighted by Crippen LogP contribution is 1.97. The molecule has 0 aliphatic heterocycles. The summed E-state index contributed by atoms with van der Waals surface area (Å²) < 4.78 is 0. The van der Waals surface area contributed by atoms with E-state index in [-0.39, 0.29) is 12.8 Å². The standard InChI is InChI=1S/C5H11NO2S.C4H6O4/c1-9-3-2-4(6)5(7)8;5-3(6)1-2-4(7)8/h4H,2-3,6H2,1H3,(H,7,8);1-2H2,(H,5,6)(H,7,8)/t4-;/m0./s1. The van der Waals surface area contributed by atoms with Crippen LogP contribution in [-0.2, 0) is 14.4 Å². The summed E-state index contributed by atoms with van der Waals surface area (Å²) in [7, 11) is 0. The summed E-state index contributed by atoms with van der Waals surface area (Å²) in [5.41, 5.74) is 5.19. The molecule has 0 aromatic heterocycles. The number of carboxylic acid groups (broad SMARTS) is 3. The van der Waals surface area contributed by atoms with Crippen LogP contribution in [-0.4, -0.2) is 51.3 Å². The van der Waals surface area contributed by atoms with Crippen LogP contribution in [0.5, 0.6) is 0 Å². The lowest BCUT2D eigenvalue weighted by Gasteiger charge is -2.02. The normalized spacial score (nSPS) is 10.9. The number of aliphatic carboxylic acids is 3. The van der Waals surface area contributed by atoms with Crippen molar-refractivity contribution in [3.8, 4) is 0 Å². The SMILES string of the molecule is CSCC[C@H](N)C(=O)O.O=C(O)CCC(=O)O. The molecule has 0 aromatic rings. The molecule has 0 saturated carbocycles. The number of hydrogen-bond donors (Lipinski definition) is 4. The quantitative estimate of drug-likeness (QED) is 0.509. The summed E-state index contributed by atoms with van der Waals surface area (Å²) in [5, 5.41) is 24.1. The van der Waals surface area contributed by atoms with Crippen LogP contribution in [0.1, 0.15) is 19.3 Å². The zero-order chi connectivity index (χ0) is 13.8. The molecule has 7 nitrogen and oxygen atoms in total. The van der Waals surface area contributed by atoms with Crippen molar-refractivity contribution in [2.45, 2.75) is 25.3 Å². The molecule has 0 heterocycles. The van der Waals surface area contributed by atoms with Gasteiger partial charge in [-0.1, -0.05) is 0 Å². The second-order valence-electron chi connectivity index (χ2n) is 3.01. The third-order valence-corrected chi connectivity index (χ3v) is 2.15. The van der Waals surface area contributed by atoms with Crippen LogP contribution >= 0.6 is 11.8 Å². The molecule has 8 heteroatoms. The van der Waals surface area contributed by atoms with E-state index in [1.807, 2.05) is 6.26 Å². The molecule has 17 heavy (non-hydrogen) atoms. The van der Waals surface area contributed by atoms with Crippen molar-refractivity contribution in [1.29, 1.82) is 0 Å². The van der Waals surface area contributed by atoms with Gasteiger partial charge in [0.1, 0.15) is 6.04 Å². The van der Waals surface area contributed by atoms with Crippen molar-refractivity contribution in [2.24, 2.45) is 5.73 Å². The van der Waals surface area contributed by atoms with Gasteiger partial charge in [-0.25, -0.2) is 0 Å². The third kappa shape index (κ3) is 17.3. The van der Waals surface area contributed by atoms with Crippen molar-refractivity contribution >= 4 is 29.7 Å². The van der Waals surface area contributed by atoms with E-state index in [1.54, 1.807) is 11.8 Å². The fraction of sp³-hybridized carbons (Fsp3) is 0.667. The topological polar surface area (TPSA) is 138 Å². The van der Waals surface area contributed by atoms with Crippen LogP contribution < -0.4 is 5.73 Å².